The summed E-state index contributed by atoms with van der Waals surface area (Å²) in [4.78, 5) is 0.778. The number of nitrogens with zero attached hydrogens (tertiary/aromatic N) is 2. The van der Waals surface area contributed by atoms with Gasteiger partial charge in [0.05, 0.1) is 10.7 Å². The van der Waals surface area contributed by atoms with Crippen LogP contribution in [0.2, 0.25) is 5.02 Å². The van der Waals surface area contributed by atoms with Gasteiger partial charge in [0.1, 0.15) is 0 Å². The molecule has 4 heteroatoms. The molecule has 0 aliphatic heterocycles. The largest absolute Gasteiger partial charge is 0.272 e. The Hall–Kier alpha value is -0.930. The van der Waals surface area contributed by atoms with Crippen molar-refractivity contribution in [2.24, 2.45) is 0 Å². The van der Waals surface area contributed by atoms with Crippen molar-refractivity contribution in [2.75, 3.05) is 0 Å². The third-order valence-corrected chi connectivity index (χ3v) is 3.13. The van der Waals surface area contributed by atoms with E-state index in [-0.39, 0.29) is 0 Å². The molecule has 15 heavy (non-hydrogen) atoms. The second kappa shape index (κ2) is 4.29. The van der Waals surface area contributed by atoms with Gasteiger partial charge in [-0.15, -0.1) is 12.6 Å². The van der Waals surface area contributed by atoms with Gasteiger partial charge >= 0.3 is 0 Å². The molecule has 0 spiro atoms. The highest BCUT2D eigenvalue weighted by Crippen LogP contribution is 2.31. The fraction of sp³-hybridized carbons (Fsp3) is 0.182. The average Bonchev–Trinajstić information content (AvgIpc) is 2.70. The average molecular weight is 239 g/mol. The van der Waals surface area contributed by atoms with Crippen LogP contribution in [-0.4, -0.2) is 9.78 Å². The number of aromatic nitrogens is 2. The lowest BCUT2D eigenvalue weighted by Crippen LogP contribution is -1.94. The maximum absolute atomic E-state index is 6.15. The monoisotopic (exact) mass is 238 g/mol. The van der Waals surface area contributed by atoms with Crippen LogP contribution in [0, 0.1) is 0 Å². The zero-order valence-corrected chi connectivity index (χ0v) is 9.96. The summed E-state index contributed by atoms with van der Waals surface area (Å²) in [5, 5.41) is 5.05. The standard InChI is InChI=1S/C11H11ClN2S/c1-2-14-7-6-9(13-14)8-4-3-5-10(15)11(8)12/h3-7,15H,2H2,1H3. The van der Waals surface area contributed by atoms with E-state index in [1.165, 1.54) is 0 Å². The van der Waals surface area contributed by atoms with E-state index in [1.54, 1.807) is 0 Å². The van der Waals surface area contributed by atoms with Crippen molar-refractivity contribution in [2.45, 2.75) is 18.4 Å². The maximum Gasteiger partial charge on any atom is 0.0938 e. The third-order valence-electron chi connectivity index (χ3n) is 2.22. The van der Waals surface area contributed by atoms with Crippen LogP contribution in [0.1, 0.15) is 6.92 Å². The highest BCUT2D eigenvalue weighted by molar-refractivity contribution is 7.80. The maximum atomic E-state index is 6.15. The van der Waals surface area contributed by atoms with Gasteiger partial charge in [-0.3, -0.25) is 4.68 Å². The predicted molar refractivity (Wildman–Crippen MR) is 65.6 cm³/mol. The van der Waals surface area contributed by atoms with E-state index in [0.717, 1.165) is 22.7 Å². The number of halogens is 1. The molecule has 0 fully saturated rings. The Morgan fingerprint density at radius 2 is 2.20 bits per heavy atom. The smallest absolute Gasteiger partial charge is 0.0938 e. The Morgan fingerprint density at radius 3 is 2.87 bits per heavy atom. The Morgan fingerprint density at radius 1 is 1.40 bits per heavy atom. The van der Waals surface area contributed by atoms with Crippen molar-refractivity contribution < 1.29 is 0 Å². The van der Waals surface area contributed by atoms with Crippen molar-refractivity contribution in [3.8, 4) is 11.3 Å². The molecule has 0 unspecified atom stereocenters. The van der Waals surface area contributed by atoms with Gasteiger partial charge in [0, 0.05) is 23.2 Å². The molecule has 78 valence electrons. The van der Waals surface area contributed by atoms with E-state index in [1.807, 2.05) is 42.1 Å². The molecular weight excluding hydrogens is 228 g/mol. The summed E-state index contributed by atoms with van der Waals surface area (Å²) in [6.45, 7) is 2.91. The molecule has 1 heterocycles. The quantitative estimate of drug-likeness (QED) is 0.793. The lowest BCUT2D eigenvalue weighted by atomic mass is 10.1. The number of hydrogen-bond acceptors (Lipinski definition) is 2. The van der Waals surface area contributed by atoms with E-state index >= 15 is 0 Å². The van der Waals surface area contributed by atoms with Crippen LogP contribution in [0.5, 0.6) is 0 Å². The summed E-state index contributed by atoms with van der Waals surface area (Å²) in [6.07, 6.45) is 1.94. The van der Waals surface area contributed by atoms with Gasteiger partial charge < -0.3 is 0 Å². The Bertz CT molecular complexity index is 479. The van der Waals surface area contributed by atoms with Gasteiger partial charge in [0.25, 0.3) is 0 Å². The molecule has 0 bridgehead atoms. The van der Waals surface area contributed by atoms with Crippen LogP contribution in [-0.2, 0) is 6.54 Å². The minimum atomic E-state index is 0.655. The van der Waals surface area contributed by atoms with Crippen LogP contribution >= 0.6 is 24.2 Å². The first-order valence-corrected chi connectivity index (χ1v) is 5.56. The first-order valence-electron chi connectivity index (χ1n) is 4.73. The molecule has 0 N–H and O–H groups in total. The van der Waals surface area contributed by atoms with Gasteiger partial charge in [-0.05, 0) is 19.1 Å². The fourth-order valence-corrected chi connectivity index (χ4v) is 1.83. The Balaban J connectivity index is 2.49. The highest BCUT2D eigenvalue weighted by Gasteiger charge is 2.08. The normalized spacial score (nSPS) is 10.6. The highest BCUT2D eigenvalue weighted by atomic mass is 35.5. The zero-order chi connectivity index (χ0) is 10.8. The molecule has 0 aliphatic carbocycles. The number of thiol groups is 1. The summed E-state index contributed by atoms with van der Waals surface area (Å²) in [6, 6.07) is 7.70. The summed E-state index contributed by atoms with van der Waals surface area (Å²) in [7, 11) is 0. The van der Waals surface area contributed by atoms with Crippen molar-refractivity contribution >= 4 is 24.2 Å². The minimum Gasteiger partial charge on any atom is -0.272 e. The minimum absolute atomic E-state index is 0.655. The van der Waals surface area contributed by atoms with Gasteiger partial charge in [-0.2, -0.15) is 5.10 Å². The second-order valence-electron chi connectivity index (χ2n) is 3.20. The van der Waals surface area contributed by atoms with Crippen LogP contribution in [0.25, 0.3) is 11.3 Å². The molecule has 2 nitrogen and oxygen atoms in total. The third kappa shape index (κ3) is 2.03. The van der Waals surface area contributed by atoms with Crippen LogP contribution in [0.15, 0.2) is 35.4 Å². The molecule has 0 radical (unpaired) electrons. The number of aryl methyl sites for hydroxylation is 1. The number of rotatable bonds is 2. The van der Waals surface area contributed by atoms with Crippen molar-refractivity contribution in [1.29, 1.82) is 0 Å². The summed E-state index contributed by atoms with van der Waals surface area (Å²) in [5.74, 6) is 0. The topological polar surface area (TPSA) is 17.8 Å². The van der Waals surface area contributed by atoms with Crippen molar-refractivity contribution in [3.63, 3.8) is 0 Å². The molecular formula is C11H11ClN2S. The van der Waals surface area contributed by atoms with Crippen LogP contribution < -0.4 is 0 Å². The fourth-order valence-electron chi connectivity index (χ4n) is 1.40. The molecule has 0 amide bonds. The van der Waals surface area contributed by atoms with Gasteiger partial charge in [-0.1, -0.05) is 23.7 Å². The van der Waals surface area contributed by atoms with E-state index in [9.17, 15) is 0 Å². The summed E-state index contributed by atoms with van der Waals surface area (Å²) >= 11 is 10.4. The lowest BCUT2D eigenvalue weighted by Gasteiger charge is -2.02. The van der Waals surface area contributed by atoms with Gasteiger partial charge in [-0.25, -0.2) is 0 Å². The van der Waals surface area contributed by atoms with E-state index < -0.39 is 0 Å². The second-order valence-corrected chi connectivity index (χ2v) is 4.06. The molecule has 0 atom stereocenters. The molecule has 0 saturated carbocycles. The van der Waals surface area contributed by atoms with Crippen LogP contribution in [0.4, 0.5) is 0 Å². The van der Waals surface area contributed by atoms with Crippen molar-refractivity contribution in [1.82, 2.24) is 9.78 Å². The molecule has 0 aliphatic rings. The molecule has 2 aromatic rings. The first-order chi connectivity index (χ1) is 7.22. The molecule has 1 aromatic heterocycles. The molecule has 0 saturated heterocycles. The summed E-state index contributed by atoms with van der Waals surface area (Å²) in [5.41, 5.74) is 1.81. The lowest BCUT2D eigenvalue weighted by molar-refractivity contribution is 0.662. The van der Waals surface area contributed by atoms with Gasteiger partial charge in [0.2, 0.25) is 0 Å². The predicted octanol–water partition coefficient (Wildman–Crippen LogP) is 3.51. The van der Waals surface area contributed by atoms with Crippen molar-refractivity contribution in [3.05, 3.63) is 35.5 Å². The Kier molecular flexibility index (Phi) is 3.03. The molecule has 2 rings (SSSR count). The van der Waals surface area contributed by atoms with E-state index in [2.05, 4.69) is 17.7 Å². The Labute approximate surface area is 99.3 Å². The van der Waals surface area contributed by atoms with Crippen LogP contribution in [0.3, 0.4) is 0 Å². The number of hydrogen-bond donors (Lipinski definition) is 1. The molecule has 1 aromatic carbocycles. The van der Waals surface area contributed by atoms with E-state index in [4.69, 9.17) is 11.6 Å². The number of benzene rings is 1. The zero-order valence-electron chi connectivity index (χ0n) is 8.31. The van der Waals surface area contributed by atoms with E-state index in [0.29, 0.717) is 5.02 Å². The summed E-state index contributed by atoms with van der Waals surface area (Å²) < 4.78 is 1.87. The van der Waals surface area contributed by atoms with Gasteiger partial charge in [0.15, 0.2) is 0 Å². The SMILES string of the molecule is CCn1ccc(-c2cccc(S)c2Cl)n1. The first kappa shape index (κ1) is 10.6.